The van der Waals surface area contributed by atoms with Gasteiger partial charge in [-0.1, -0.05) is 0 Å². The number of carboxylic acids is 1. The van der Waals surface area contributed by atoms with Gasteiger partial charge in [0, 0.05) is 12.5 Å². The number of aliphatic carboxylic acids is 1. The Morgan fingerprint density at radius 3 is 2.43 bits per heavy atom. The van der Waals surface area contributed by atoms with Crippen LogP contribution in [-0.2, 0) is 9.59 Å². The number of carboxylic acid groups (broad SMARTS) is 1. The molecule has 0 rings (SSSR count). The van der Waals surface area contributed by atoms with Gasteiger partial charge in [-0.05, 0) is 13.3 Å². The average Bonchev–Trinajstić information content (AvgIpc) is 2.10. The third-order valence-electron chi connectivity index (χ3n) is 1.64. The van der Waals surface area contributed by atoms with Gasteiger partial charge in [-0.25, -0.2) is 4.79 Å². The molecule has 6 heteroatoms. The zero-order valence-electron chi connectivity index (χ0n) is 8.06. The summed E-state index contributed by atoms with van der Waals surface area (Å²) < 4.78 is 0. The van der Waals surface area contributed by atoms with Crippen molar-refractivity contribution >= 4 is 11.9 Å². The lowest BCUT2D eigenvalue weighted by atomic mass is 10.2. The van der Waals surface area contributed by atoms with Gasteiger partial charge >= 0.3 is 5.97 Å². The molecule has 0 aliphatic carbocycles. The van der Waals surface area contributed by atoms with Crippen LogP contribution in [0.3, 0.4) is 0 Å². The number of hydrogen-bond donors (Lipinski definition) is 4. The van der Waals surface area contributed by atoms with E-state index in [-0.39, 0.29) is 12.5 Å². The maximum absolute atomic E-state index is 11.1. The summed E-state index contributed by atoms with van der Waals surface area (Å²) in [5.41, 5.74) is 5.42. The third-order valence-corrected chi connectivity index (χ3v) is 1.64. The lowest BCUT2D eigenvalue weighted by Crippen LogP contribution is -2.43. The fraction of sp³-hybridized carbons (Fsp3) is 0.750. The van der Waals surface area contributed by atoms with Gasteiger partial charge in [0.05, 0.1) is 6.61 Å². The number of rotatable bonds is 6. The van der Waals surface area contributed by atoms with Gasteiger partial charge in [-0.3, -0.25) is 4.79 Å². The number of aliphatic hydroxyl groups is 1. The minimum Gasteiger partial charge on any atom is -0.480 e. The SMILES string of the molecule is CC(N)CCC(=O)NC(CO)C(=O)O. The van der Waals surface area contributed by atoms with E-state index in [2.05, 4.69) is 5.32 Å². The minimum atomic E-state index is -1.25. The summed E-state index contributed by atoms with van der Waals surface area (Å²) in [5, 5.41) is 19.3. The van der Waals surface area contributed by atoms with E-state index in [4.69, 9.17) is 15.9 Å². The summed E-state index contributed by atoms with van der Waals surface area (Å²) in [6.45, 7) is 1.15. The van der Waals surface area contributed by atoms with Crippen LogP contribution in [0.5, 0.6) is 0 Å². The highest BCUT2D eigenvalue weighted by Gasteiger charge is 2.18. The van der Waals surface area contributed by atoms with Gasteiger partial charge in [0.15, 0.2) is 0 Å². The monoisotopic (exact) mass is 204 g/mol. The van der Waals surface area contributed by atoms with E-state index >= 15 is 0 Å². The molecular formula is C8H16N2O4. The Bertz CT molecular complexity index is 206. The minimum absolute atomic E-state index is 0.0989. The van der Waals surface area contributed by atoms with Crippen LogP contribution in [0.15, 0.2) is 0 Å². The maximum atomic E-state index is 11.1. The second kappa shape index (κ2) is 6.33. The maximum Gasteiger partial charge on any atom is 0.328 e. The number of nitrogens with two attached hydrogens (primary N) is 1. The van der Waals surface area contributed by atoms with E-state index in [1.54, 1.807) is 6.92 Å². The Morgan fingerprint density at radius 1 is 1.50 bits per heavy atom. The first-order valence-electron chi connectivity index (χ1n) is 4.36. The number of carbonyl (C=O) groups excluding carboxylic acids is 1. The molecule has 6 nitrogen and oxygen atoms in total. The van der Waals surface area contributed by atoms with E-state index in [1.807, 2.05) is 0 Å². The first kappa shape index (κ1) is 12.9. The van der Waals surface area contributed by atoms with E-state index in [0.29, 0.717) is 6.42 Å². The van der Waals surface area contributed by atoms with Crippen molar-refractivity contribution in [3.05, 3.63) is 0 Å². The van der Waals surface area contributed by atoms with E-state index in [0.717, 1.165) is 0 Å². The van der Waals surface area contributed by atoms with Crippen LogP contribution < -0.4 is 11.1 Å². The molecule has 0 aromatic heterocycles. The van der Waals surface area contributed by atoms with Crippen molar-refractivity contribution in [2.24, 2.45) is 5.73 Å². The molecule has 2 unspecified atom stereocenters. The van der Waals surface area contributed by atoms with Gasteiger partial charge in [0.25, 0.3) is 0 Å². The van der Waals surface area contributed by atoms with Gasteiger partial charge in [-0.15, -0.1) is 0 Å². The van der Waals surface area contributed by atoms with Crippen molar-refractivity contribution in [3.63, 3.8) is 0 Å². The summed E-state index contributed by atoms with van der Waals surface area (Å²) >= 11 is 0. The molecule has 2 atom stereocenters. The molecule has 0 bridgehead atoms. The van der Waals surface area contributed by atoms with Gasteiger partial charge < -0.3 is 21.3 Å². The molecule has 0 saturated carbocycles. The largest absolute Gasteiger partial charge is 0.480 e. The van der Waals surface area contributed by atoms with Crippen LogP contribution in [0.25, 0.3) is 0 Å². The quantitative estimate of drug-likeness (QED) is 0.428. The van der Waals surface area contributed by atoms with Crippen LogP contribution in [0, 0.1) is 0 Å². The van der Waals surface area contributed by atoms with Crippen molar-refractivity contribution in [1.29, 1.82) is 0 Å². The molecule has 0 aliphatic heterocycles. The van der Waals surface area contributed by atoms with Gasteiger partial charge in [0.2, 0.25) is 5.91 Å². The Labute approximate surface area is 82.1 Å². The molecule has 0 aromatic rings. The molecule has 0 aliphatic rings. The number of nitrogens with one attached hydrogen (secondary N) is 1. The van der Waals surface area contributed by atoms with Gasteiger partial charge in [0.1, 0.15) is 6.04 Å². The molecule has 82 valence electrons. The highest BCUT2D eigenvalue weighted by molar-refractivity contribution is 5.83. The Morgan fingerprint density at radius 2 is 2.07 bits per heavy atom. The smallest absolute Gasteiger partial charge is 0.328 e. The summed E-state index contributed by atoms with van der Waals surface area (Å²) in [6, 6.07) is -1.33. The zero-order chi connectivity index (χ0) is 11.1. The number of amides is 1. The number of hydrogen-bond acceptors (Lipinski definition) is 4. The predicted octanol–water partition coefficient (Wildman–Crippen LogP) is -1.32. The zero-order valence-corrected chi connectivity index (χ0v) is 8.06. The van der Waals surface area contributed by atoms with E-state index < -0.39 is 24.5 Å². The lowest BCUT2D eigenvalue weighted by Gasteiger charge is -2.11. The van der Waals surface area contributed by atoms with Crippen molar-refractivity contribution in [2.75, 3.05) is 6.61 Å². The van der Waals surface area contributed by atoms with Crippen molar-refractivity contribution in [2.45, 2.75) is 31.8 Å². The fourth-order valence-electron chi connectivity index (χ4n) is 0.811. The molecule has 14 heavy (non-hydrogen) atoms. The highest BCUT2D eigenvalue weighted by atomic mass is 16.4. The lowest BCUT2D eigenvalue weighted by molar-refractivity contribution is -0.142. The van der Waals surface area contributed by atoms with Crippen LogP contribution in [0.1, 0.15) is 19.8 Å². The van der Waals surface area contributed by atoms with Crippen LogP contribution in [-0.4, -0.2) is 40.8 Å². The normalized spacial score (nSPS) is 14.5. The van der Waals surface area contributed by atoms with Crippen molar-refractivity contribution in [1.82, 2.24) is 5.32 Å². The number of aliphatic hydroxyl groups excluding tert-OH is 1. The summed E-state index contributed by atoms with van der Waals surface area (Å²) in [4.78, 5) is 21.5. The summed E-state index contributed by atoms with van der Waals surface area (Å²) in [7, 11) is 0. The molecule has 0 fully saturated rings. The molecule has 0 spiro atoms. The van der Waals surface area contributed by atoms with Crippen LogP contribution in [0.2, 0.25) is 0 Å². The average molecular weight is 204 g/mol. The topological polar surface area (TPSA) is 113 Å². The second-order valence-electron chi connectivity index (χ2n) is 3.16. The third kappa shape index (κ3) is 5.50. The Hall–Kier alpha value is -1.14. The van der Waals surface area contributed by atoms with Crippen LogP contribution >= 0.6 is 0 Å². The number of carbonyl (C=O) groups is 2. The molecule has 0 aromatic carbocycles. The summed E-state index contributed by atoms with van der Waals surface area (Å²) in [5.74, 6) is -1.66. The molecule has 5 N–H and O–H groups in total. The molecule has 1 amide bonds. The van der Waals surface area contributed by atoms with E-state index in [9.17, 15) is 9.59 Å². The summed E-state index contributed by atoms with van der Waals surface area (Å²) in [6.07, 6.45) is 0.658. The highest BCUT2D eigenvalue weighted by Crippen LogP contribution is 1.94. The second-order valence-corrected chi connectivity index (χ2v) is 3.16. The fourth-order valence-corrected chi connectivity index (χ4v) is 0.811. The molecule has 0 saturated heterocycles. The molecule has 0 radical (unpaired) electrons. The van der Waals surface area contributed by atoms with Crippen molar-refractivity contribution in [3.8, 4) is 0 Å². The van der Waals surface area contributed by atoms with E-state index in [1.165, 1.54) is 0 Å². The molecule has 0 heterocycles. The predicted molar refractivity (Wildman–Crippen MR) is 49.5 cm³/mol. The first-order valence-corrected chi connectivity index (χ1v) is 4.36. The first-order chi connectivity index (χ1) is 6.47. The Balaban J connectivity index is 3.85. The van der Waals surface area contributed by atoms with Gasteiger partial charge in [-0.2, -0.15) is 0 Å². The standard InChI is InChI=1S/C8H16N2O4/c1-5(9)2-3-7(12)10-6(4-11)8(13)14/h5-6,11H,2-4,9H2,1H3,(H,10,12)(H,13,14). The van der Waals surface area contributed by atoms with Crippen molar-refractivity contribution < 1.29 is 19.8 Å². The molecular weight excluding hydrogens is 188 g/mol. The Kier molecular flexibility index (Phi) is 5.82. The van der Waals surface area contributed by atoms with Crippen LogP contribution in [0.4, 0.5) is 0 Å².